The lowest BCUT2D eigenvalue weighted by molar-refractivity contribution is 0.102. The summed E-state index contributed by atoms with van der Waals surface area (Å²) in [5.74, 6) is 0.273. The number of amides is 1. The van der Waals surface area contributed by atoms with Crippen molar-refractivity contribution < 1.29 is 14.6 Å². The molecule has 0 spiro atoms. The van der Waals surface area contributed by atoms with Crippen LogP contribution < -0.4 is 10.1 Å². The molecule has 4 rings (SSSR count). The number of fused-ring (bicyclic) bond motifs is 2. The van der Waals surface area contributed by atoms with Gasteiger partial charge in [-0.2, -0.15) is 5.10 Å². The molecule has 1 unspecified atom stereocenters. The van der Waals surface area contributed by atoms with E-state index in [0.717, 1.165) is 5.69 Å². The SMILES string of the molecule is Cc1cc(C(=O)Nc2cccc3c2OCCC3O)c2cnn(C(C)C)c2n1. The summed E-state index contributed by atoms with van der Waals surface area (Å²) in [6.07, 6.45) is 1.64. The van der Waals surface area contributed by atoms with Crippen LogP contribution in [0.1, 0.15) is 54.0 Å². The van der Waals surface area contributed by atoms with Crippen LogP contribution in [0, 0.1) is 6.92 Å². The fourth-order valence-electron chi connectivity index (χ4n) is 3.40. The van der Waals surface area contributed by atoms with Gasteiger partial charge in [0.25, 0.3) is 5.91 Å². The average Bonchev–Trinajstić information content (AvgIpc) is 3.05. The van der Waals surface area contributed by atoms with Gasteiger partial charge in [-0.3, -0.25) is 4.79 Å². The molecule has 1 atom stereocenters. The number of hydrogen-bond donors (Lipinski definition) is 2. The second kappa shape index (κ2) is 6.66. The van der Waals surface area contributed by atoms with E-state index in [1.165, 1.54) is 0 Å². The van der Waals surface area contributed by atoms with Crippen LogP contribution in [0.2, 0.25) is 0 Å². The summed E-state index contributed by atoms with van der Waals surface area (Å²) < 4.78 is 7.51. The van der Waals surface area contributed by atoms with Crippen molar-refractivity contribution in [1.82, 2.24) is 14.8 Å². The molecule has 0 radical (unpaired) electrons. The van der Waals surface area contributed by atoms with Gasteiger partial charge in [0.2, 0.25) is 0 Å². The summed E-state index contributed by atoms with van der Waals surface area (Å²) in [7, 11) is 0. The molecule has 7 heteroatoms. The Bertz CT molecular complexity index is 1030. The zero-order valence-corrected chi connectivity index (χ0v) is 15.6. The van der Waals surface area contributed by atoms with Crippen LogP contribution in [0.15, 0.2) is 30.5 Å². The van der Waals surface area contributed by atoms with E-state index >= 15 is 0 Å². The van der Waals surface area contributed by atoms with Crippen molar-refractivity contribution in [3.63, 3.8) is 0 Å². The Morgan fingerprint density at radius 1 is 1.41 bits per heavy atom. The minimum absolute atomic E-state index is 0.142. The van der Waals surface area contributed by atoms with Crippen LogP contribution in [0.4, 0.5) is 5.69 Å². The summed E-state index contributed by atoms with van der Waals surface area (Å²) in [5.41, 5.74) is 3.20. The van der Waals surface area contributed by atoms with Crippen LogP contribution in [0.5, 0.6) is 5.75 Å². The predicted molar refractivity (Wildman–Crippen MR) is 102 cm³/mol. The van der Waals surface area contributed by atoms with Gasteiger partial charge in [-0.25, -0.2) is 9.67 Å². The highest BCUT2D eigenvalue weighted by Gasteiger charge is 2.24. The number of nitrogens with one attached hydrogen (secondary N) is 1. The number of benzene rings is 1. The van der Waals surface area contributed by atoms with E-state index in [4.69, 9.17) is 4.74 Å². The Kier molecular flexibility index (Phi) is 4.31. The highest BCUT2D eigenvalue weighted by molar-refractivity contribution is 6.12. The van der Waals surface area contributed by atoms with E-state index in [1.54, 1.807) is 24.4 Å². The van der Waals surface area contributed by atoms with Crippen LogP contribution in [-0.4, -0.2) is 32.4 Å². The number of aliphatic hydroxyl groups excluding tert-OH is 1. The van der Waals surface area contributed by atoms with Gasteiger partial charge < -0.3 is 15.2 Å². The number of para-hydroxylation sites is 1. The number of aromatic nitrogens is 3. The van der Waals surface area contributed by atoms with Crippen LogP contribution >= 0.6 is 0 Å². The number of carbonyl (C=O) groups is 1. The number of aryl methyl sites for hydroxylation is 1. The van der Waals surface area contributed by atoms with Gasteiger partial charge >= 0.3 is 0 Å². The van der Waals surface area contributed by atoms with E-state index in [0.29, 0.717) is 46.6 Å². The molecule has 0 saturated carbocycles. The highest BCUT2D eigenvalue weighted by Crippen LogP contribution is 2.38. The smallest absolute Gasteiger partial charge is 0.256 e. The number of hydrogen-bond acceptors (Lipinski definition) is 5. The van der Waals surface area contributed by atoms with Gasteiger partial charge in [0.1, 0.15) is 5.75 Å². The summed E-state index contributed by atoms with van der Waals surface area (Å²) >= 11 is 0. The maximum atomic E-state index is 13.0. The zero-order valence-electron chi connectivity index (χ0n) is 15.6. The highest BCUT2D eigenvalue weighted by atomic mass is 16.5. The van der Waals surface area contributed by atoms with Crippen molar-refractivity contribution in [3.05, 3.63) is 47.3 Å². The van der Waals surface area contributed by atoms with E-state index in [-0.39, 0.29) is 11.9 Å². The fraction of sp³-hybridized carbons (Fsp3) is 0.350. The molecule has 1 aliphatic heterocycles. The molecule has 0 saturated heterocycles. The lowest BCUT2D eigenvalue weighted by Crippen LogP contribution is -2.18. The van der Waals surface area contributed by atoms with Crippen molar-refractivity contribution in [2.45, 2.75) is 39.3 Å². The normalized spacial score (nSPS) is 16.3. The Morgan fingerprint density at radius 3 is 3.00 bits per heavy atom. The van der Waals surface area contributed by atoms with E-state index in [9.17, 15) is 9.90 Å². The maximum absolute atomic E-state index is 13.0. The molecule has 2 N–H and O–H groups in total. The molecular formula is C20H22N4O3. The minimum atomic E-state index is -0.579. The molecule has 2 aromatic heterocycles. The van der Waals surface area contributed by atoms with Crippen molar-refractivity contribution in [2.75, 3.05) is 11.9 Å². The summed E-state index contributed by atoms with van der Waals surface area (Å²) in [6, 6.07) is 7.29. The molecule has 0 aliphatic carbocycles. The van der Waals surface area contributed by atoms with E-state index in [2.05, 4.69) is 15.4 Å². The monoisotopic (exact) mass is 366 g/mol. The molecule has 3 heterocycles. The largest absolute Gasteiger partial charge is 0.491 e. The van der Waals surface area contributed by atoms with Gasteiger partial charge in [-0.15, -0.1) is 0 Å². The first kappa shape index (κ1) is 17.5. The molecule has 1 amide bonds. The fourth-order valence-corrected chi connectivity index (χ4v) is 3.40. The van der Waals surface area contributed by atoms with Gasteiger partial charge in [0.15, 0.2) is 5.65 Å². The molecule has 0 bridgehead atoms. The number of ether oxygens (including phenoxy) is 1. The second-order valence-corrected chi connectivity index (χ2v) is 7.06. The molecule has 27 heavy (non-hydrogen) atoms. The molecule has 140 valence electrons. The lowest BCUT2D eigenvalue weighted by Gasteiger charge is -2.24. The Morgan fingerprint density at radius 2 is 2.22 bits per heavy atom. The first-order valence-corrected chi connectivity index (χ1v) is 9.05. The number of aliphatic hydroxyl groups is 1. The topological polar surface area (TPSA) is 89.3 Å². The van der Waals surface area contributed by atoms with Crippen LogP contribution in [0.25, 0.3) is 11.0 Å². The maximum Gasteiger partial charge on any atom is 0.256 e. The molecule has 0 fully saturated rings. The van der Waals surface area contributed by atoms with Crippen molar-refractivity contribution in [1.29, 1.82) is 0 Å². The third-order valence-electron chi connectivity index (χ3n) is 4.72. The standard InChI is InChI=1S/C20H22N4O3/c1-11(2)24-19-15(10-21-24)14(9-12(3)22-19)20(26)23-16-6-4-5-13-17(25)7-8-27-18(13)16/h4-6,9-11,17,25H,7-8H2,1-3H3,(H,23,26). The number of nitrogens with zero attached hydrogens (tertiary/aromatic N) is 3. The van der Waals surface area contributed by atoms with Crippen molar-refractivity contribution >= 4 is 22.6 Å². The number of rotatable bonds is 3. The Hall–Kier alpha value is -2.93. The lowest BCUT2D eigenvalue weighted by atomic mass is 10.0. The van der Waals surface area contributed by atoms with Crippen LogP contribution in [0.3, 0.4) is 0 Å². The molecule has 1 aliphatic rings. The molecule has 1 aromatic carbocycles. The van der Waals surface area contributed by atoms with Crippen molar-refractivity contribution in [2.24, 2.45) is 0 Å². The molecule has 7 nitrogen and oxygen atoms in total. The predicted octanol–water partition coefficient (Wildman–Crippen LogP) is 3.39. The Balaban J connectivity index is 1.74. The first-order chi connectivity index (χ1) is 13.0. The number of anilines is 1. The summed E-state index contributed by atoms with van der Waals surface area (Å²) in [5, 5.41) is 18.2. The average molecular weight is 366 g/mol. The summed E-state index contributed by atoms with van der Waals surface area (Å²) in [4.78, 5) is 17.6. The van der Waals surface area contributed by atoms with Gasteiger partial charge in [-0.1, -0.05) is 12.1 Å². The first-order valence-electron chi connectivity index (χ1n) is 9.05. The second-order valence-electron chi connectivity index (χ2n) is 7.06. The van der Waals surface area contributed by atoms with E-state index < -0.39 is 6.10 Å². The number of pyridine rings is 1. The van der Waals surface area contributed by atoms with Gasteiger partial charge in [-0.05, 0) is 32.9 Å². The van der Waals surface area contributed by atoms with Crippen molar-refractivity contribution in [3.8, 4) is 5.75 Å². The third kappa shape index (κ3) is 3.04. The zero-order chi connectivity index (χ0) is 19.1. The van der Waals surface area contributed by atoms with Gasteiger partial charge in [0, 0.05) is 23.7 Å². The quantitative estimate of drug-likeness (QED) is 0.742. The minimum Gasteiger partial charge on any atom is -0.491 e. The third-order valence-corrected chi connectivity index (χ3v) is 4.72. The van der Waals surface area contributed by atoms with Gasteiger partial charge in [0.05, 0.1) is 35.5 Å². The van der Waals surface area contributed by atoms with E-state index in [1.807, 2.05) is 31.5 Å². The summed E-state index contributed by atoms with van der Waals surface area (Å²) in [6.45, 7) is 6.32. The van der Waals surface area contributed by atoms with Crippen LogP contribution in [-0.2, 0) is 0 Å². The molecule has 3 aromatic rings. The Labute approximate surface area is 157 Å². The number of carbonyl (C=O) groups excluding carboxylic acids is 1. The molecular weight excluding hydrogens is 344 g/mol.